The van der Waals surface area contributed by atoms with Crippen LogP contribution in [-0.4, -0.2) is 24.1 Å². The molecule has 6 nitrogen and oxygen atoms in total. The quantitative estimate of drug-likeness (QED) is 0.334. The molecule has 1 amide bonds. The second kappa shape index (κ2) is 6.98. The van der Waals surface area contributed by atoms with Crippen molar-refractivity contribution in [1.82, 2.24) is 0 Å². The summed E-state index contributed by atoms with van der Waals surface area (Å²) in [6.07, 6.45) is 0.444. The number of nitrogens with one attached hydrogen (secondary N) is 1. The van der Waals surface area contributed by atoms with Crippen molar-refractivity contribution < 1.29 is 14.7 Å². The summed E-state index contributed by atoms with van der Waals surface area (Å²) in [5.41, 5.74) is 6.07. The van der Waals surface area contributed by atoms with E-state index < -0.39 is 5.92 Å². The minimum atomic E-state index is -0.661. The van der Waals surface area contributed by atoms with Crippen molar-refractivity contribution in [3.05, 3.63) is 22.7 Å². The average Bonchev–Trinajstić information content (AvgIpc) is 2.39. The highest BCUT2D eigenvalue weighted by atomic mass is 79.9. The van der Waals surface area contributed by atoms with Gasteiger partial charge in [0.2, 0.25) is 5.91 Å². The van der Waals surface area contributed by atoms with Gasteiger partial charge in [0.25, 0.3) is 0 Å². The number of hydrogen-bond donors (Lipinski definition) is 3. The number of carbonyl (C=O) groups excluding carboxylic acids is 1. The minimum Gasteiger partial charge on any atom is -0.496 e. The number of amides is 1. The second-order valence-electron chi connectivity index (χ2n) is 3.82. The summed E-state index contributed by atoms with van der Waals surface area (Å²) in [5, 5.41) is 14.2. The zero-order valence-electron chi connectivity index (χ0n) is 10.7. The molecular weight excluding hydrogens is 314 g/mol. The normalized spacial score (nSPS) is 12.9. The van der Waals surface area contributed by atoms with Crippen LogP contribution in [0, 0.1) is 5.92 Å². The summed E-state index contributed by atoms with van der Waals surface area (Å²) in [5.74, 6) is -0.421. The molecule has 0 spiro atoms. The van der Waals surface area contributed by atoms with Crippen molar-refractivity contribution >= 4 is 33.4 Å². The lowest BCUT2D eigenvalue weighted by Crippen LogP contribution is -2.34. The van der Waals surface area contributed by atoms with Gasteiger partial charge < -0.3 is 21.0 Å². The smallest absolute Gasteiger partial charge is 0.235 e. The van der Waals surface area contributed by atoms with Crippen LogP contribution in [0.1, 0.15) is 13.3 Å². The molecular formula is C12H16BrN3O3. The van der Waals surface area contributed by atoms with Crippen LogP contribution in [0.15, 0.2) is 27.8 Å². The molecule has 0 radical (unpaired) electrons. The van der Waals surface area contributed by atoms with Gasteiger partial charge >= 0.3 is 0 Å². The molecule has 0 bridgehead atoms. The van der Waals surface area contributed by atoms with E-state index in [1.807, 2.05) is 0 Å². The maximum absolute atomic E-state index is 12.0. The number of benzene rings is 1. The topological polar surface area (TPSA) is 96.9 Å². The van der Waals surface area contributed by atoms with Gasteiger partial charge in [-0.25, -0.2) is 0 Å². The first kappa shape index (κ1) is 15.3. The highest BCUT2D eigenvalue weighted by molar-refractivity contribution is 9.10. The standard InChI is InChI=1S/C12H16BrN3O3/c1-3-8(11(14)16-18)12(17)15-7-4-5-10(19-2)9(13)6-7/h4-6,8,18H,3H2,1-2H3,(H2,14,16)(H,15,17). The van der Waals surface area contributed by atoms with Gasteiger partial charge in [0, 0.05) is 5.69 Å². The van der Waals surface area contributed by atoms with Gasteiger partial charge in [0.1, 0.15) is 5.75 Å². The van der Waals surface area contributed by atoms with Crippen LogP contribution in [0.4, 0.5) is 5.69 Å². The summed E-state index contributed by atoms with van der Waals surface area (Å²) in [4.78, 5) is 12.0. The minimum absolute atomic E-state index is 0.104. The number of hydrogen-bond acceptors (Lipinski definition) is 4. The van der Waals surface area contributed by atoms with Crippen molar-refractivity contribution in [3.63, 3.8) is 0 Å². The number of carbonyl (C=O) groups is 1. The second-order valence-corrected chi connectivity index (χ2v) is 4.68. The molecule has 104 valence electrons. The van der Waals surface area contributed by atoms with Gasteiger partial charge in [-0.15, -0.1) is 0 Å². The van der Waals surface area contributed by atoms with Gasteiger partial charge in [-0.2, -0.15) is 0 Å². The molecule has 0 fully saturated rings. The van der Waals surface area contributed by atoms with Crippen LogP contribution in [0.3, 0.4) is 0 Å². The Labute approximate surface area is 119 Å². The summed E-state index contributed by atoms with van der Waals surface area (Å²) in [7, 11) is 1.56. The molecule has 0 heterocycles. The molecule has 0 saturated carbocycles. The molecule has 0 aliphatic heterocycles. The third kappa shape index (κ3) is 3.85. The van der Waals surface area contributed by atoms with Crippen LogP contribution < -0.4 is 15.8 Å². The number of anilines is 1. The van der Waals surface area contributed by atoms with Gasteiger partial charge in [-0.05, 0) is 40.5 Å². The Hall–Kier alpha value is -1.76. The molecule has 1 atom stereocenters. The lowest BCUT2D eigenvalue weighted by atomic mass is 10.0. The Morgan fingerprint density at radius 2 is 2.32 bits per heavy atom. The monoisotopic (exact) mass is 329 g/mol. The van der Waals surface area contributed by atoms with E-state index >= 15 is 0 Å². The fourth-order valence-corrected chi connectivity index (χ4v) is 2.11. The predicted molar refractivity (Wildman–Crippen MR) is 76.5 cm³/mol. The fourth-order valence-electron chi connectivity index (χ4n) is 1.57. The number of rotatable bonds is 5. The maximum atomic E-state index is 12.0. The predicted octanol–water partition coefficient (Wildman–Crippen LogP) is 2.17. The molecule has 19 heavy (non-hydrogen) atoms. The largest absolute Gasteiger partial charge is 0.496 e. The molecule has 1 aromatic carbocycles. The molecule has 0 saturated heterocycles. The van der Waals surface area contributed by atoms with E-state index in [1.54, 1.807) is 32.2 Å². The first-order valence-electron chi connectivity index (χ1n) is 5.65. The van der Waals surface area contributed by atoms with E-state index in [-0.39, 0.29) is 11.7 Å². The summed E-state index contributed by atoms with van der Waals surface area (Å²) in [6.45, 7) is 1.78. The lowest BCUT2D eigenvalue weighted by Gasteiger charge is -2.14. The molecule has 0 aromatic heterocycles. The van der Waals surface area contributed by atoms with Crippen molar-refractivity contribution in [2.75, 3.05) is 12.4 Å². The van der Waals surface area contributed by atoms with Crippen LogP contribution in [0.2, 0.25) is 0 Å². The number of nitrogens with zero attached hydrogens (tertiary/aromatic N) is 1. The molecule has 0 aliphatic carbocycles. The number of oxime groups is 1. The summed E-state index contributed by atoms with van der Waals surface area (Å²) < 4.78 is 5.82. The highest BCUT2D eigenvalue weighted by Crippen LogP contribution is 2.27. The number of methoxy groups -OCH3 is 1. The first-order chi connectivity index (χ1) is 9.03. The number of halogens is 1. The van der Waals surface area contributed by atoms with Crippen molar-refractivity contribution in [2.24, 2.45) is 16.8 Å². The molecule has 1 rings (SSSR count). The molecule has 1 unspecified atom stereocenters. The van der Waals surface area contributed by atoms with Gasteiger partial charge in [0.15, 0.2) is 5.84 Å². The molecule has 7 heteroatoms. The van der Waals surface area contributed by atoms with Crippen molar-refractivity contribution in [2.45, 2.75) is 13.3 Å². The summed E-state index contributed by atoms with van der Waals surface area (Å²) in [6, 6.07) is 5.15. The average molecular weight is 330 g/mol. The Morgan fingerprint density at radius 3 is 2.79 bits per heavy atom. The van der Waals surface area contributed by atoms with Crippen LogP contribution in [0.25, 0.3) is 0 Å². The van der Waals surface area contributed by atoms with Crippen LogP contribution in [-0.2, 0) is 4.79 Å². The maximum Gasteiger partial charge on any atom is 0.235 e. The Morgan fingerprint density at radius 1 is 1.63 bits per heavy atom. The number of amidine groups is 1. The molecule has 4 N–H and O–H groups in total. The Balaban J connectivity index is 2.84. The first-order valence-corrected chi connectivity index (χ1v) is 6.44. The van der Waals surface area contributed by atoms with E-state index in [1.165, 1.54) is 0 Å². The van der Waals surface area contributed by atoms with Gasteiger partial charge in [-0.1, -0.05) is 12.1 Å². The third-order valence-electron chi connectivity index (χ3n) is 2.62. The summed E-state index contributed by atoms with van der Waals surface area (Å²) >= 11 is 3.33. The van der Waals surface area contributed by atoms with E-state index in [2.05, 4.69) is 26.4 Å². The van der Waals surface area contributed by atoms with Crippen molar-refractivity contribution in [1.29, 1.82) is 0 Å². The molecule has 0 aliphatic rings. The van der Waals surface area contributed by atoms with Crippen LogP contribution >= 0.6 is 15.9 Å². The lowest BCUT2D eigenvalue weighted by molar-refractivity contribution is -0.118. The fraction of sp³-hybridized carbons (Fsp3) is 0.333. The van der Waals surface area contributed by atoms with E-state index in [9.17, 15) is 4.79 Å². The van der Waals surface area contributed by atoms with Crippen LogP contribution in [0.5, 0.6) is 5.75 Å². The zero-order valence-corrected chi connectivity index (χ0v) is 12.3. The SMILES string of the molecule is CCC(C(=O)Nc1ccc(OC)c(Br)c1)C(N)=NO. The Bertz CT molecular complexity index is 491. The number of nitrogens with two attached hydrogens (primary N) is 1. The van der Waals surface area contributed by atoms with Gasteiger partial charge in [0.05, 0.1) is 17.5 Å². The molecule has 1 aromatic rings. The van der Waals surface area contributed by atoms with Gasteiger partial charge in [-0.3, -0.25) is 4.79 Å². The highest BCUT2D eigenvalue weighted by Gasteiger charge is 2.21. The van der Waals surface area contributed by atoms with E-state index in [0.717, 1.165) is 4.47 Å². The third-order valence-corrected chi connectivity index (χ3v) is 3.24. The number of ether oxygens (including phenoxy) is 1. The van der Waals surface area contributed by atoms with Crippen molar-refractivity contribution in [3.8, 4) is 5.75 Å². The van der Waals surface area contributed by atoms with E-state index in [0.29, 0.717) is 17.9 Å². The van der Waals surface area contributed by atoms with E-state index in [4.69, 9.17) is 15.7 Å². The zero-order chi connectivity index (χ0) is 14.4. The Kier molecular flexibility index (Phi) is 5.62.